The van der Waals surface area contributed by atoms with Crippen LogP contribution in [0.4, 0.5) is 5.82 Å². The van der Waals surface area contributed by atoms with E-state index in [1.807, 2.05) is 0 Å². The van der Waals surface area contributed by atoms with Gasteiger partial charge in [0, 0.05) is 27.2 Å². The maximum absolute atomic E-state index is 12.4. The number of likely N-dealkylation sites (N-methyl/N-ethyl adjacent to an activating group) is 1. The summed E-state index contributed by atoms with van der Waals surface area (Å²) in [6, 6.07) is 0.119. The lowest BCUT2D eigenvalue weighted by Gasteiger charge is -2.26. The molecule has 1 saturated heterocycles. The summed E-state index contributed by atoms with van der Waals surface area (Å²) in [5.74, 6) is 0.342. The van der Waals surface area contributed by atoms with Crippen molar-refractivity contribution >= 4 is 22.9 Å². The Morgan fingerprint density at radius 1 is 1.31 bits per heavy atom. The molecule has 0 unspecified atom stereocenters. The van der Waals surface area contributed by atoms with Crippen LogP contribution in [0, 0.1) is 0 Å². The fourth-order valence-electron chi connectivity index (χ4n) is 3.71. The van der Waals surface area contributed by atoms with E-state index in [0.717, 1.165) is 45.2 Å². The number of H-pyrrole nitrogens is 1. The Labute approximate surface area is 170 Å². The topological polar surface area (TPSA) is 122 Å². The molecule has 160 valence electrons. The number of carbonyl (C=O) groups is 1. The number of imidazole rings is 1. The first-order valence-electron chi connectivity index (χ1n) is 10.3. The van der Waals surface area contributed by atoms with Gasteiger partial charge in [-0.3, -0.25) is 14.3 Å². The number of ether oxygens (including phenoxy) is 1. The fraction of sp³-hybridized carbons (Fsp3) is 0.684. The van der Waals surface area contributed by atoms with Crippen LogP contribution in [0.1, 0.15) is 39.0 Å². The van der Waals surface area contributed by atoms with Gasteiger partial charge in [-0.15, -0.1) is 0 Å². The van der Waals surface area contributed by atoms with Crippen molar-refractivity contribution in [2.45, 2.75) is 51.6 Å². The predicted molar refractivity (Wildman–Crippen MR) is 111 cm³/mol. The minimum absolute atomic E-state index is 0.0683. The number of aryl methyl sites for hydroxylation is 1. The molecular weight excluding hydrogens is 374 g/mol. The van der Waals surface area contributed by atoms with Crippen LogP contribution >= 0.6 is 0 Å². The third kappa shape index (κ3) is 4.69. The van der Waals surface area contributed by atoms with Crippen LogP contribution in [-0.4, -0.2) is 75.1 Å². The van der Waals surface area contributed by atoms with Crippen molar-refractivity contribution in [3.63, 3.8) is 0 Å². The van der Waals surface area contributed by atoms with Crippen LogP contribution in [0.5, 0.6) is 6.01 Å². The van der Waals surface area contributed by atoms with Gasteiger partial charge in [-0.25, -0.2) is 4.79 Å². The molecule has 1 aliphatic rings. The molecule has 10 nitrogen and oxygen atoms in total. The number of likely N-dealkylation sites (tertiary alicyclic amines) is 1. The number of hydrogen-bond donors (Lipinski definition) is 2. The number of nitrogens with two attached hydrogens (primary N) is 1. The van der Waals surface area contributed by atoms with Crippen molar-refractivity contribution in [3.05, 3.63) is 10.5 Å². The van der Waals surface area contributed by atoms with Crippen LogP contribution in [-0.2, 0) is 11.3 Å². The highest BCUT2D eigenvalue weighted by Crippen LogP contribution is 2.20. The summed E-state index contributed by atoms with van der Waals surface area (Å²) >= 11 is 0. The fourth-order valence-corrected chi connectivity index (χ4v) is 3.71. The zero-order valence-corrected chi connectivity index (χ0v) is 17.5. The molecule has 0 spiro atoms. The number of nitrogens with zero attached hydrogens (tertiary/aromatic N) is 5. The van der Waals surface area contributed by atoms with Gasteiger partial charge >= 0.3 is 11.7 Å². The van der Waals surface area contributed by atoms with Crippen molar-refractivity contribution in [2.24, 2.45) is 0 Å². The van der Waals surface area contributed by atoms with Crippen LogP contribution in [0.15, 0.2) is 4.79 Å². The second kappa shape index (κ2) is 9.25. The van der Waals surface area contributed by atoms with Crippen molar-refractivity contribution < 1.29 is 9.53 Å². The molecule has 29 heavy (non-hydrogen) atoms. The third-order valence-corrected chi connectivity index (χ3v) is 5.28. The molecule has 0 saturated carbocycles. The Balaban J connectivity index is 1.70. The maximum atomic E-state index is 12.4. The normalized spacial score (nSPS) is 17.1. The lowest BCUT2D eigenvalue weighted by atomic mass is 10.2. The van der Waals surface area contributed by atoms with Gasteiger partial charge in [0.2, 0.25) is 5.91 Å². The van der Waals surface area contributed by atoms with Gasteiger partial charge in [0.15, 0.2) is 11.5 Å². The van der Waals surface area contributed by atoms with E-state index in [9.17, 15) is 9.59 Å². The van der Waals surface area contributed by atoms with Gasteiger partial charge in [-0.2, -0.15) is 9.97 Å². The Hall–Kier alpha value is -2.62. The van der Waals surface area contributed by atoms with Crippen molar-refractivity contribution in [1.82, 2.24) is 29.3 Å². The van der Waals surface area contributed by atoms with Crippen LogP contribution in [0.2, 0.25) is 0 Å². The summed E-state index contributed by atoms with van der Waals surface area (Å²) in [5, 5.41) is 0. The summed E-state index contributed by atoms with van der Waals surface area (Å²) in [4.78, 5) is 39.9. The number of rotatable bonds is 9. The van der Waals surface area contributed by atoms with E-state index in [2.05, 4.69) is 26.8 Å². The number of fused-ring (bicyclic) bond motifs is 1. The second-order valence-corrected chi connectivity index (χ2v) is 7.65. The van der Waals surface area contributed by atoms with E-state index in [4.69, 9.17) is 10.5 Å². The van der Waals surface area contributed by atoms with E-state index >= 15 is 0 Å². The van der Waals surface area contributed by atoms with Crippen LogP contribution in [0.25, 0.3) is 11.2 Å². The van der Waals surface area contributed by atoms with Gasteiger partial charge < -0.3 is 20.4 Å². The first-order chi connectivity index (χ1) is 13.9. The Bertz CT molecular complexity index is 905. The summed E-state index contributed by atoms with van der Waals surface area (Å²) in [5.41, 5.74) is 6.60. The molecule has 0 aliphatic carbocycles. The quantitative estimate of drug-likeness (QED) is 0.592. The van der Waals surface area contributed by atoms with E-state index in [1.54, 1.807) is 23.6 Å². The number of carbonyl (C=O) groups excluding carboxylic acids is 1. The lowest BCUT2D eigenvalue weighted by Crippen LogP contribution is -2.43. The Kier molecular flexibility index (Phi) is 6.73. The number of hydrogen-bond acceptors (Lipinski definition) is 7. The predicted octanol–water partition coefficient (Wildman–Crippen LogP) is 0.823. The average Bonchev–Trinajstić information content (AvgIpc) is 3.27. The number of nitrogen functional groups attached to an aromatic ring is 1. The van der Waals surface area contributed by atoms with E-state index in [-0.39, 0.29) is 29.5 Å². The highest BCUT2D eigenvalue weighted by molar-refractivity contribution is 5.82. The third-order valence-electron chi connectivity index (χ3n) is 5.28. The summed E-state index contributed by atoms with van der Waals surface area (Å²) in [6.07, 6.45) is 4.51. The van der Waals surface area contributed by atoms with E-state index in [0.29, 0.717) is 24.3 Å². The molecule has 1 fully saturated rings. The minimum atomic E-state index is -0.269. The standard InChI is InChI=1S/C19H31N7O3/c1-4-5-12-29-18-22-15(20)14-16(23-18)26(19(28)21-14)11-7-10-25-9-6-8-13(25)17(27)24(2)3/h13H,4-12H2,1-3H3,(H,21,28)(H2,20,22,23)/t13-/m0/s1. The minimum Gasteiger partial charge on any atom is -0.463 e. The van der Waals surface area contributed by atoms with E-state index < -0.39 is 0 Å². The van der Waals surface area contributed by atoms with Gasteiger partial charge in [0.1, 0.15) is 5.52 Å². The smallest absolute Gasteiger partial charge is 0.327 e. The summed E-state index contributed by atoms with van der Waals surface area (Å²) < 4.78 is 7.13. The zero-order chi connectivity index (χ0) is 21.0. The maximum Gasteiger partial charge on any atom is 0.327 e. The number of aromatic amines is 1. The molecule has 1 aliphatic heterocycles. The Morgan fingerprint density at radius 3 is 2.83 bits per heavy atom. The molecule has 10 heteroatoms. The molecule has 0 radical (unpaired) electrons. The number of amides is 1. The molecular formula is C19H31N7O3. The van der Waals surface area contributed by atoms with Crippen LogP contribution < -0.4 is 16.2 Å². The number of nitrogens with one attached hydrogen (secondary N) is 1. The van der Waals surface area contributed by atoms with Crippen LogP contribution in [0.3, 0.4) is 0 Å². The van der Waals surface area contributed by atoms with Crippen molar-refractivity contribution in [2.75, 3.05) is 39.5 Å². The highest BCUT2D eigenvalue weighted by Gasteiger charge is 2.31. The first kappa shape index (κ1) is 21.1. The Morgan fingerprint density at radius 2 is 2.10 bits per heavy atom. The second-order valence-electron chi connectivity index (χ2n) is 7.65. The highest BCUT2D eigenvalue weighted by atomic mass is 16.5. The number of aromatic nitrogens is 4. The summed E-state index contributed by atoms with van der Waals surface area (Å²) in [6.45, 7) is 4.69. The molecule has 1 amide bonds. The molecule has 2 aromatic rings. The molecule has 2 aromatic heterocycles. The van der Waals surface area contributed by atoms with Gasteiger partial charge in [0.05, 0.1) is 12.6 Å². The largest absolute Gasteiger partial charge is 0.463 e. The molecule has 3 heterocycles. The van der Waals surface area contributed by atoms with Crippen molar-refractivity contribution in [1.29, 1.82) is 0 Å². The van der Waals surface area contributed by atoms with Crippen molar-refractivity contribution in [3.8, 4) is 6.01 Å². The number of anilines is 1. The van der Waals surface area contributed by atoms with E-state index in [1.165, 1.54) is 0 Å². The van der Waals surface area contributed by atoms with Gasteiger partial charge in [-0.1, -0.05) is 13.3 Å². The van der Waals surface area contributed by atoms with Gasteiger partial charge in [-0.05, 0) is 32.2 Å². The average molecular weight is 406 g/mol. The first-order valence-corrected chi connectivity index (χ1v) is 10.3. The number of unbranched alkanes of at least 4 members (excludes halogenated alkanes) is 1. The molecule has 0 aromatic carbocycles. The zero-order valence-electron chi connectivity index (χ0n) is 17.5. The molecule has 0 bridgehead atoms. The molecule has 3 N–H and O–H groups in total. The summed E-state index contributed by atoms with van der Waals surface area (Å²) in [7, 11) is 3.57. The molecule has 1 atom stereocenters. The van der Waals surface area contributed by atoms with Gasteiger partial charge in [0.25, 0.3) is 0 Å². The SMILES string of the molecule is CCCCOc1nc(N)c2[nH]c(=O)n(CCCN3CCC[C@H]3C(=O)N(C)C)c2n1. The molecule has 3 rings (SSSR count). The monoisotopic (exact) mass is 405 g/mol. The lowest BCUT2D eigenvalue weighted by molar-refractivity contribution is -0.133.